The van der Waals surface area contributed by atoms with Crippen LogP contribution >= 0.6 is 0 Å². The first-order chi connectivity index (χ1) is 13.2. The van der Waals surface area contributed by atoms with Gasteiger partial charge >= 0.3 is 6.03 Å². The number of benzene rings is 1. The average molecular weight is 368 g/mol. The highest BCUT2D eigenvalue weighted by Gasteiger charge is 2.23. The van der Waals surface area contributed by atoms with E-state index in [0.29, 0.717) is 24.8 Å². The second-order valence-electron chi connectivity index (χ2n) is 6.92. The second kappa shape index (κ2) is 7.84. The SMILES string of the molecule is NC(=O)N1CCCN(Cc2ccc([C@H]3COc4cccnc4O3)cc2)CC1. The van der Waals surface area contributed by atoms with Crippen LogP contribution in [0.5, 0.6) is 11.6 Å². The molecule has 1 aromatic carbocycles. The van der Waals surface area contributed by atoms with Crippen LogP contribution in [0.15, 0.2) is 42.6 Å². The van der Waals surface area contributed by atoms with E-state index in [1.807, 2.05) is 12.1 Å². The Kier molecular flexibility index (Phi) is 5.11. The van der Waals surface area contributed by atoms with E-state index in [4.69, 9.17) is 15.2 Å². The number of carbonyl (C=O) groups is 1. The van der Waals surface area contributed by atoms with Crippen LogP contribution in [0.2, 0.25) is 0 Å². The average Bonchev–Trinajstić information content (AvgIpc) is 2.94. The predicted molar refractivity (Wildman–Crippen MR) is 101 cm³/mol. The van der Waals surface area contributed by atoms with Gasteiger partial charge in [0.25, 0.3) is 5.88 Å². The topological polar surface area (TPSA) is 80.9 Å². The van der Waals surface area contributed by atoms with Crippen molar-refractivity contribution in [2.75, 3.05) is 32.8 Å². The molecule has 142 valence electrons. The minimum Gasteiger partial charge on any atom is -0.484 e. The summed E-state index contributed by atoms with van der Waals surface area (Å²) >= 11 is 0. The summed E-state index contributed by atoms with van der Waals surface area (Å²) < 4.78 is 11.7. The normalized spacial score (nSPS) is 20.1. The monoisotopic (exact) mass is 368 g/mol. The second-order valence-corrected chi connectivity index (χ2v) is 6.92. The van der Waals surface area contributed by atoms with Crippen molar-refractivity contribution in [2.24, 2.45) is 5.73 Å². The number of urea groups is 1. The van der Waals surface area contributed by atoms with Crippen LogP contribution in [0.4, 0.5) is 4.79 Å². The van der Waals surface area contributed by atoms with Crippen molar-refractivity contribution >= 4 is 6.03 Å². The molecule has 7 heteroatoms. The highest BCUT2D eigenvalue weighted by Crippen LogP contribution is 2.33. The quantitative estimate of drug-likeness (QED) is 0.898. The van der Waals surface area contributed by atoms with Crippen LogP contribution in [0, 0.1) is 0 Å². The molecule has 1 saturated heterocycles. The fourth-order valence-electron chi connectivity index (χ4n) is 3.52. The number of ether oxygens (including phenoxy) is 2. The summed E-state index contributed by atoms with van der Waals surface area (Å²) in [5.74, 6) is 1.23. The molecule has 4 rings (SSSR count). The van der Waals surface area contributed by atoms with Gasteiger partial charge in [-0.15, -0.1) is 0 Å². The molecular formula is C20H24N4O3. The lowest BCUT2D eigenvalue weighted by molar-refractivity contribution is 0.0851. The Hall–Kier alpha value is -2.80. The van der Waals surface area contributed by atoms with Gasteiger partial charge in [-0.1, -0.05) is 24.3 Å². The number of fused-ring (bicyclic) bond motifs is 1. The molecule has 7 nitrogen and oxygen atoms in total. The lowest BCUT2D eigenvalue weighted by atomic mass is 10.1. The molecule has 27 heavy (non-hydrogen) atoms. The lowest BCUT2D eigenvalue weighted by Gasteiger charge is -2.26. The van der Waals surface area contributed by atoms with Crippen LogP contribution in [0.3, 0.4) is 0 Å². The fourth-order valence-corrected chi connectivity index (χ4v) is 3.52. The van der Waals surface area contributed by atoms with E-state index in [9.17, 15) is 4.79 Å². The van der Waals surface area contributed by atoms with Crippen LogP contribution in [-0.4, -0.2) is 53.6 Å². The maximum Gasteiger partial charge on any atom is 0.314 e. The summed E-state index contributed by atoms with van der Waals surface area (Å²) in [4.78, 5) is 19.6. The van der Waals surface area contributed by atoms with Gasteiger partial charge in [0.2, 0.25) is 0 Å². The third kappa shape index (κ3) is 4.14. The third-order valence-electron chi connectivity index (χ3n) is 5.04. The number of carbonyl (C=O) groups excluding carboxylic acids is 1. The lowest BCUT2D eigenvalue weighted by Crippen LogP contribution is -2.38. The maximum atomic E-state index is 11.3. The van der Waals surface area contributed by atoms with Gasteiger partial charge in [-0.25, -0.2) is 9.78 Å². The van der Waals surface area contributed by atoms with E-state index < -0.39 is 0 Å². The molecule has 0 aliphatic carbocycles. The molecule has 2 aliphatic heterocycles. The molecule has 0 spiro atoms. The number of aromatic nitrogens is 1. The fraction of sp³-hybridized carbons (Fsp3) is 0.400. The van der Waals surface area contributed by atoms with Crippen LogP contribution < -0.4 is 15.2 Å². The number of nitrogens with two attached hydrogens (primary N) is 1. The van der Waals surface area contributed by atoms with Gasteiger partial charge in [0.1, 0.15) is 6.61 Å². The van der Waals surface area contributed by atoms with Crippen molar-refractivity contribution in [2.45, 2.75) is 19.1 Å². The Bertz CT molecular complexity index is 796. The zero-order chi connectivity index (χ0) is 18.6. The van der Waals surface area contributed by atoms with Gasteiger partial charge in [-0.05, 0) is 29.7 Å². The number of rotatable bonds is 3. The van der Waals surface area contributed by atoms with Gasteiger partial charge in [0.15, 0.2) is 11.9 Å². The van der Waals surface area contributed by atoms with Gasteiger partial charge in [0, 0.05) is 38.9 Å². The zero-order valence-corrected chi connectivity index (χ0v) is 15.2. The third-order valence-corrected chi connectivity index (χ3v) is 5.04. The highest BCUT2D eigenvalue weighted by molar-refractivity contribution is 5.71. The minimum atomic E-state index is -0.327. The van der Waals surface area contributed by atoms with E-state index in [-0.39, 0.29) is 12.1 Å². The molecule has 1 fully saturated rings. The van der Waals surface area contributed by atoms with Crippen LogP contribution in [-0.2, 0) is 6.54 Å². The van der Waals surface area contributed by atoms with E-state index in [2.05, 4.69) is 34.1 Å². The summed E-state index contributed by atoms with van der Waals surface area (Å²) in [5.41, 5.74) is 7.71. The molecule has 0 bridgehead atoms. The number of pyridine rings is 1. The summed E-state index contributed by atoms with van der Waals surface area (Å²) in [5, 5.41) is 0. The molecule has 2 N–H and O–H groups in total. The van der Waals surface area contributed by atoms with Gasteiger partial charge < -0.3 is 20.1 Å². The molecule has 0 radical (unpaired) electrons. The molecule has 2 aliphatic rings. The van der Waals surface area contributed by atoms with Crippen molar-refractivity contribution in [1.29, 1.82) is 0 Å². The van der Waals surface area contributed by atoms with E-state index in [0.717, 1.165) is 38.2 Å². The first-order valence-corrected chi connectivity index (χ1v) is 9.29. The van der Waals surface area contributed by atoms with E-state index >= 15 is 0 Å². The first-order valence-electron chi connectivity index (χ1n) is 9.29. The first kappa shape index (κ1) is 17.6. The van der Waals surface area contributed by atoms with Crippen LogP contribution in [0.25, 0.3) is 0 Å². The maximum absolute atomic E-state index is 11.3. The highest BCUT2D eigenvalue weighted by atomic mass is 16.6. The molecule has 0 unspecified atom stereocenters. The molecule has 1 atom stereocenters. The van der Waals surface area contributed by atoms with Gasteiger partial charge in [-0.2, -0.15) is 0 Å². The number of nitrogens with zero attached hydrogens (tertiary/aromatic N) is 3. The Morgan fingerprint density at radius 3 is 2.81 bits per heavy atom. The van der Waals surface area contributed by atoms with Crippen molar-refractivity contribution in [3.63, 3.8) is 0 Å². The molecule has 0 saturated carbocycles. The number of hydrogen-bond donors (Lipinski definition) is 1. The Morgan fingerprint density at radius 2 is 2.00 bits per heavy atom. The molecule has 2 amide bonds. The van der Waals surface area contributed by atoms with Crippen molar-refractivity contribution in [3.8, 4) is 11.6 Å². The van der Waals surface area contributed by atoms with Gasteiger partial charge in [-0.3, -0.25) is 4.90 Å². The van der Waals surface area contributed by atoms with Gasteiger partial charge in [0.05, 0.1) is 0 Å². The summed E-state index contributed by atoms with van der Waals surface area (Å²) in [6.45, 7) is 4.57. The summed E-state index contributed by atoms with van der Waals surface area (Å²) in [6.07, 6.45) is 2.50. The largest absolute Gasteiger partial charge is 0.484 e. The number of primary amides is 1. The number of hydrogen-bond acceptors (Lipinski definition) is 5. The van der Waals surface area contributed by atoms with Crippen molar-refractivity contribution in [1.82, 2.24) is 14.8 Å². The molecule has 2 aromatic rings. The van der Waals surface area contributed by atoms with E-state index in [1.54, 1.807) is 11.1 Å². The minimum absolute atomic E-state index is 0.149. The smallest absolute Gasteiger partial charge is 0.314 e. The predicted octanol–water partition coefficient (Wildman–Crippen LogP) is 2.18. The number of amides is 2. The van der Waals surface area contributed by atoms with E-state index in [1.165, 1.54) is 5.56 Å². The summed E-state index contributed by atoms with van der Waals surface area (Å²) in [6, 6.07) is 11.8. The van der Waals surface area contributed by atoms with Crippen molar-refractivity contribution in [3.05, 3.63) is 53.7 Å². The van der Waals surface area contributed by atoms with Crippen LogP contribution in [0.1, 0.15) is 23.7 Å². The Labute approximate surface area is 158 Å². The summed E-state index contributed by atoms with van der Waals surface area (Å²) in [7, 11) is 0. The molecular weight excluding hydrogens is 344 g/mol. The Morgan fingerprint density at radius 1 is 1.15 bits per heavy atom. The standard InChI is InChI=1S/C20H24N4O3/c21-20(25)24-10-2-9-23(11-12-24)13-15-4-6-16(7-5-15)18-14-26-17-3-1-8-22-19(17)27-18/h1,3-8,18H,2,9-14H2,(H2,21,25)/t18-/m1/s1. The molecule has 1 aromatic heterocycles. The zero-order valence-electron chi connectivity index (χ0n) is 15.2. The Balaban J connectivity index is 1.36. The van der Waals surface area contributed by atoms with Crippen molar-refractivity contribution < 1.29 is 14.3 Å². The molecule has 3 heterocycles.